The number of hydrogen-bond donors (Lipinski definition) is 6. The Labute approximate surface area is 150 Å². The van der Waals surface area contributed by atoms with Gasteiger partial charge in [0.25, 0.3) is 0 Å². The van der Waals surface area contributed by atoms with Crippen LogP contribution in [0.2, 0.25) is 0 Å². The van der Waals surface area contributed by atoms with Crippen LogP contribution in [0.3, 0.4) is 0 Å². The largest absolute Gasteiger partial charge is 0.481 e. The van der Waals surface area contributed by atoms with Gasteiger partial charge < -0.3 is 29.6 Å². The summed E-state index contributed by atoms with van der Waals surface area (Å²) in [5.74, 6) is 0. The minimum Gasteiger partial charge on any atom is -0.387 e. The zero-order chi connectivity index (χ0) is 19.9. The molecule has 2 heterocycles. The van der Waals surface area contributed by atoms with Crippen molar-refractivity contribution < 1.29 is 47.6 Å². The minimum atomic E-state index is -5.31. The summed E-state index contributed by atoms with van der Waals surface area (Å²) < 4.78 is 36.4. The summed E-state index contributed by atoms with van der Waals surface area (Å²) in [6.07, 6.45) is -3.31. The normalized spacial score (nSPS) is 31.7. The highest BCUT2D eigenvalue weighted by Crippen LogP contribution is 2.57. The number of hydrogen-bond acceptors (Lipinski definition) is 9. The molecule has 1 fully saturated rings. The number of aromatic nitrogens is 2. The minimum absolute atomic E-state index is 0.125. The second-order valence-corrected chi connectivity index (χ2v) is 8.82. The van der Waals surface area contributed by atoms with Gasteiger partial charge in [-0.1, -0.05) is 12.2 Å². The molecule has 0 bridgehead atoms. The van der Waals surface area contributed by atoms with E-state index in [0.717, 1.165) is 11.5 Å². The number of phosphoric acid groups is 2. The Morgan fingerprint density at radius 3 is 2.58 bits per heavy atom. The van der Waals surface area contributed by atoms with E-state index < -0.39 is 52.0 Å². The Kier molecular flexibility index (Phi) is 6.08. The summed E-state index contributed by atoms with van der Waals surface area (Å²) in [6, 6.07) is 1.34. The molecule has 16 heteroatoms. The predicted molar refractivity (Wildman–Crippen MR) is 85.3 cm³/mol. The summed E-state index contributed by atoms with van der Waals surface area (Å²) >= 11 is 4.79. The van der Waals surface area contributed by atoms with Crippen LogP contribution in [0.5, 0.6) is 0 Å². The monoisotopic (exact) mass is 434 g/mol. The van der Waals surface area contributed by atoms with Gasteiger partial charge in [0.15, 0.2) is 6.23 Å². The number of phosphoric ester groups is 1. The second kappa shape index (κ2) is 7.34. The Morgan fingerprint density at radius 1 is 1.42 bits per heavy atom. The molecule has 5 unspecified atom stereocenters. The number of H-pyrrole nitrogens is 1. The van der Waals surface area contributed by atoms with Gasteiger partial charge in [0, 0.05) is 6.20 Å². The van der Waals surface area contributed by atoms with E-state index in [4.69, 9.17) is 26.7 Å². The molecule has 1 aromatic heterocycles. The molecule has 0 spiro atoms. The lowest BCUT2D eigenvalue weighted by Gasteiger charge is -2.27. The van der Waals surface area contributed by atoms with Gasteiger partial charge in [-0.3, -0.25) is 14.1 Å². The van der Waals surface area contributed by atoms with Crippen molar-refractivity contribution in [1.82, 2.24) is 9.55 Å². The molecule has 2 rings (SSSR count). The standard InChI is InChI=1S/C10H16N2O11P2S/c1-10(15)7(13)5(4-21-25(19,20)23-24(16,17)18)22-8(10)12-3-2-6(26)11-9(12)14/h2-3,5,7-8,13,15H,4H2,1H3,(H,19,20)(H,11,14,26)(H2,16,17,18). The Bertz CT molecular complexity index is 876. The van der Waals surface area contributed by atoms with E-state index in [1.165, 1.54) is 12.3 Å². The van der Waals surface area contributed by atoms with Crippen LogP contribution in [0, 0.1) is 4.64 Å². The highest BCUT2D eigenvalue weighted by molar-refractivity contribution is 7.71. The van der Waals surface area contributed by atoms with Gasteiger partial charge in [0.1, 0.15) is 22.4 Å². The predicted octanol–water partition coefficient (Wildman–Crippen LogP) is -0.859. The molecule has 148 valence electrons. The molecule has 1 saturated heterocycles. The molecule has 0 aliphatic carbocycles. The summed E-state index contributed by atoms with van der Waals surface area (Å²) in [5.41, 5.74) is -2.76. The van der Waals surface area contributed by atoms with Gasteiger partial charge in [-0.15, -0.1) is 0 Å². The zero-order valence-corrected chi connectivity index (χ0v) is 15.6. The van der Waals surface area contributed by atoms with Crippen molar-refractivity contribution in [1.29, 1.82) is 0 Å². The molecule has 1 aromatic rings. The molecular formula is C10H16N2O11P2S. The number of ether oxygens (including phenoxy) is 1. The third kappa shape index (κ3) is 4.94. The molecule has 0 aromatic carbocycles. The fourth-order valence-electron chi connectivity index (χ4n) is 2.32. The molecule has 13 nitrogen and oxygen atoms in total. The first-order chi connectivity index (χ1) is 11.7. The number of aromatic amines is 1. The first-order valence-corrected chi connectivity index (χ1v) is 10.3. The first kappa shape index (κ1) is 21.5. The number of aliphatic hydroxyl groups is 2. The smallest absolute Gasteiger partial charge is 0.387 e. The Hall–Kier alpha value is -0.760. The molecule has 0 amide bonds. The van der Waals surface area contributed by atoms with Crippen LogP contribution in [0.25, 0.3) is 0 Å². The van der Waals surface area contributed by atoms with Crippen molar-refractivity contribution in [2.75, 3.05) is 6.61 Å². The summed E-state index contributed by atoms with van der Waals surface area (Å²) in [7, 11) is -10.5. The van der Waals surface area contributed by atoms with Crippen molar-refractivity contribution in [3.05, 3.63) is 27.4 Å². The highest BCUT2D eigenvalue weighted by Gasteiger charge is 2.54. The van der Waals surface area contributed by atoms with E-state index in [-0.39, 0.29) is 4.64 Å². The lowest BCUT2D eigenvalue weighted by atomic mass is 9.96. The number of nitrogens with zero attached hydrogens (tertiary/aromatic N) is 1. The van der Waals surface area contributed by atoms with Crippen LogP contribution >= 0.6 is 27.9 Å². The van der Waals surface area contributed by atoms with E-state index >= 15 is 0 Å². The van der Waals surface area contributed by atoms with Gasteiger partial charge in [0.05, 0.1) is 6.61 Å². The molecule has 6 N–H and O–H groups in total. The Morgan fingerprint density at radius 2 is 2.04 bits per heavy atom. The molecular weight excluding hydrogens is 418 g/mol. The SMILES string of the molecule is CC1(O)C(O)C(COP(=O)(O)OP(=O)(O)O)OC1n1ccc(=S)[nH]c1=O. The average Bonchev–Trinajstić information content (AvgIpc) is 2.66. The van der Waals surface area contributed by atoms with Gasteiger partial charge in [-0.2, -0.15) is 4.31 Å². The van der Waals surface area contributed by atoms with Gasteiger partial charge in [0.2, 0.25) is 0 Å². The van der Waals surface area contributed by atoms with E-state index in [1.807, 2.05) is 0 Å². The fraction of sp³-hybridized carbons (Fsp3) is 0.600. The highest BCUT2D eigenvalue weighted by atomic mass is 32.1. The third-order valence-electron chi connectivity index (χ3n) is 3.47. The summed E-state index contributed by atoms with van der Waals surface area (Å²) in [5, 5.41) is 20.6. The maximum atomic E-state index is 11.9. The van der Waals surface area contributed by atoms with E-state index in [2.05, 4.69) is 13.8 Å². The van der Waals surface area contributed by atoms with Crippen molar-refractivity contribution >= 4 is 27.9 Å². The fourth-order valence-corrected chi connectivity index (χ4v) is 4.06. The lowest BCUT2D eigenvalue weighted by Crippen LogP contribution is -2.46. The number of aliphatic hydroxyl groups excluding tert-OH is 1. The van der Waals surface area contributed by atoms with Crippen LogP contribution in [-0.2, 0) is 22.7 Å². The van der Waals surface area contributed by atoms with Crippen molar-refractivity contribution in [2.45, 2.75) is 31.0 Å². The van der Waals surface area contributed by atoms with E-state index in [0.29, 0.717) is 0 Å². The van der Waals surface area contributed by atoms with Gasteiger partial charge >= 0.3 is 21.3 Å². The van der Waals surface area contributed by atoms with Crippen LogP contribution < -0.4 is 5.69 Å². The molecule has 26 heavy (non-hydrogen) atoms. The lowest BCUT2D eigenvalue weighted by molar-refractivity contribution is -0.0986. The zero-order valence-electron chi connectivity index (χ0n) is 13.0. The number of nitrogens with one attached hydrogen (secondary N) is 1. The third-order valence-corrected chi connectivity index (χ3v) is 5.86. The molecule has 1 aliphatic rings. The van der Waals surface area contributed by atoms with Gasteiger partial charge in [-0.05, 0) is 13.0 Å². The van der Waals surface area contributed by atoms with Crippen molar-refractivity contribution in [2.24, 2.45) is 0 Å². The molecule has 5 atom stereocenters. The van der Waals surface area contributed by atoms with Crippen LogP contribution in [0.15, 0.2) is 17.1 Å². The van der Waals surface area contributed by atoms with Gasteiger partial charge in [-0.25, -0.2) is 13.9 Å². The quantitative estimate of drug-likeness (QED) is 0.239. The second-order valence-electron chi connectivity index (χ2n) is 5.55. The van der Waals surface area contributed by atoms with E-state index in [1.54, 1.807) is 0 Å². The molecule has 1 aliphatic heterocycles. The average molecular weight is 434 g/mol. The van der Waals surface area contributed by atoms with Crippen LogP contribution in [0.1, 0.15) is 13.2 Å². The summed E-state index contributed by atoms with van der Waals surface area (Å²) in [6.45, 7) is 0.278. The summed E-state index contributed by atoms with van der Waals surface area (Å²) in [4.78, 5) is 40.5. The molecule has 0 saturated carbocycles. The maximum absolute atomic E-state index is 11.9. The molecule has 0 radical (unpaired) electrons. The maximum Gasteiger partial charge on any atom is 0.481 e. The van der Waals surface area contributed by atoms with Crippen molar-refractivity contribution in [3.63, 3.8) is 0 Å². The van der Waals surface area contributed by atoms with Crippen LogP contribution in [-0.4, -0.2) is 58.9 Å². The topological polar surface area (TPSA) is 201 Å². The van der Waals surface area contributed by atoms with Crippen molar-refractivity contribution in [3.8, 4) is 0 Å². The number of rotatable bonds is 6. The first-order valence-electron chi connectivity index (χ1n) is 6.84. The van der Waals surface area contributed by atoms with E-state index in [9.17, 15) is 29.0 Å². The van der Waals surface area contributed by atoms with Crippen LogP contribution in [0.4, 0.5) is 0 Å². The Balaban J connectivity index is 2.18.